The summed E-state index contributed by atoms with van der Waals surface area (Å²) in [6, 6.07) is 0. The molecule has 6 nitrogen and oxygen atoms in total. The van der Waals surface area contributed by atoms with Crippen molar-refractivity contribution in [3.63, 3.8) is 0 Å². The Kier molecular flexibility index (Phi) is 2.72. The standard InChI is InChI=1S/C7H10N2O4S/c1-9(2)4-5-3-6(7(10)11)8-14(5,12)13/h3H,4H2,1-2H3,(H,10,11). The molecule has 0 bridgehead atoms. The van der Waals surface area contributed by atoms with Crippen LogP contribution in [0, 0.1) is 0 Å². The fourth-order valence-electron chi connectivity index (χ4n) is 0.981. The molecule has 0 aliphatic carbocycles. The van der Waals surface area contributed by atoms with Gasteiger partial charge in [-0.05, 0) is 20.2 Å². The molecule has 0 atom stereocenters. The van der Waals surface area contributed by atoms with Gasteiger partial charge >= 0.3 is 5.97 Å². The van der Waals surface area contributed by atoms with Crippen LogP contribution in [0.15, 0.2) is 15.4 Å². The van der Waals surface area contributed by atoms with Crippen molar-refractivity contribution in [1.29, 1.82) is 0 Å². The highest BCUT2D eigenvalue weighted by Crippen LogP contribution is 2.17. The van der Waals surface area contributed by atoms with Crippen LogP contribution >= 0.6 is 0 Å². The van der Waals surface area contributed by atoms with Gasteiger partial charge in [-0.1, -0.05) is 0 Å². The molecule has 0 saturated heterocycles. The second kappa shape index (κ2) is 3.50. The molecule has 0 amide bonds. The van der Waals surface area contributed by atoms with Crippen LogP contribution in [-0.4, -0.2) is 50.7 Å². The van der Waals surface area contributed by atoms with Gasteiger partial charge in [-0.2, -0.15) is 12.8 Å². The molecule has 0 aromatic heterocycles. The Labute approximate surface area is 81.6 Å². The van der Waals surface area contributed by atoms with Gasteiger partial charge in [0.25, 0.3) is 10.0 Å². The van der Waals surface area contributed by atoms with Gasteiger partial charge in [-0.15, -0.1) is 0 Å². The zero-order valence-electron chi connectivity index (χ0n) is 7.76. The number of sulfonamides is 1. The number of hydrogen-bond acceptors (Lipinski definition) is 4. The van der Waals surface area contributed by atoms with E-state index in [1.165, 1.54) is 0 Å². The van der Waals surface area contributed by atoms with Crippen LogP contribution < -0.4 is 0 Å². The summed E-state index contributed by atoms with van der Waals surface area (Å²) in [7, 11) is -0.371. The van der Waals surface area contributed by atoms with E-state index in [1.807, 2.05) is 0 Å². The van der Waals surface area contributed by atoms with Gasteiger partial charge in [0.1, 0.15) is 0 Å². The summed E-state index contributed by atoms with van der Waals surface area (Å²) in [5.74, 6) is -1.33. The van der Waals surface area contributed by atoms with Crippen LogP contribution in [-0.2, 0) is 14.8 Å². The molecule has 1 heterocycles. The molecule has 7 heteroatoms. The zero-order valence-corrected chi connectivity index (χ0v) is 8.58. The maximum Gasteiger partial charge on any atom is 0.355 e. The normalized spacial score (nSPS) is 19.4. The zero-order chi connectivity index (χ0) is 10.9. The van der Waals surface area contributed by atoms with E-state index < -0.39 is 21.7 Å². The van der Waals surface area contributed by atoms with Gasteiger partial charge in [-0.25, -0.2) is 4.79 Å². The lowest BCUT2D eigenvalue weighted by Gasteiger charge is -2.08. The first-order valence-corrected chi connectivity index (χ1v) is 5.20. The van der Waals surface area contributed by atoms with E-state index in [0.717, 1.165) is 6.08 Å². The molecule has 1 aliphatic heterocycles. The first kappa shape index (κ1) is 10.9. The Morgan fingerprint density at radius 3 is 2.50 bits per heavy atom. The Bertz CT molecular complexity index is 419. The van der Waals surface area contributed by atoms with Crippen molar-refractivity contribution in [2.24, 2.45) is 4.40 Å². The van der Waals surface area contributed by atoms with E-state index in [-0.39, 0.29) is 11.4 Å². The van der Waals surface area contributed by atoms with Crippen LogP contribution in [0.25, 0.3) is 0 Å². The Hall–Kier alpha value is -1.21. The summed E-state index contributed by atoms with van der Waals surface area (Å²) in [5.41, 5.74) is -0.429. The Balaban J connectivity index is 3.02. The fourth-order valence-corrected chi connectivity index (χ4v) is 2.17. The quantitative estimate of drug-likeness (QED) is 0.677. The lowest BCUT2D eigenvalue weighted by Crippen LogP contribution is -2.17. The molecule has 1 N–H and O–H groups in total. The largest absolute Gasteiger partial charge is 0.476 e. The fraction of sp³-hybridized carbons (Fsp3) is 0.429. The molecule has 14 heavy (non-hydrogen) atoms. The van der Waals surface area contributed by atoms with Gasteiger partial charge < -0.3 is 10.0 Å². The summed E-state index contributed by atoms with van der Waals surface area (Å²) in [4.78, 5) is 12.1. The molecule has 0 unspecified atom stereocenters. The van der Waals surface area contributed by atoms with Crippen LogP contribution in [0.1, 0.15) is 0 Å². The number of carboxylic acids is 1. The number of carboxylic acid groups (broad SMARTS) is 1. The Morgan fingerprint density at radius 2 is 2.14 bits per heavy atom. The number of hydrogen-bond donors (Lipinski definition) is 1. The number of likely N-dealkylation sites (N-methyl/N-ethyl adjacent to an activating group) is 1. The summed E-state index contributed by atoms with van der Waals surface area (Å²) in [6.07, 6.45) is 1.08. The van der Waals surface area contributed by atoms with Gasteiger partial charge in [-0.3, -0.25) is 0 Å². The number of carbonyl (C=O) groups is 1. The minimum absolute atomic E-state index is 0.0138. The third-order valence-electron chi connectivity index (χ3n) is 1.54. The topological polar surface area (TPSA) is 87.0 Å². The van der Waals surface area contributed by atoms with Crippen LogP contribution in [0.5, 0.6) is 0 Å². The van der Waals surface area contributed by atoms with Gasteiger partial charge in [0, 0.05) is 6.54 Å². The predicted octanol–water partition coefficient (Wildman–Crippen LogP) is -0.699. The monoisotopic (exact) mass is 218 g/mol. The van der Waals surface area contributed by atoms with E-state index in [1.54, 1.807) is 19.0 Å². The van der Waals surface area contributed by atoms with Gasteiger partial charge in [0.05, 0.1) is 4.91 Å². The molecule has 0 fully saturated rings. The summed E-state index contributed by atoms with van der Waals surface area (Å²) < 4.78 is 25.7. The molecular weight excluding hydrogens is 208 g/mol. The second-order valence-corrected chi connectivity index (χ2v) is 4.76. The lowest BCUT2D eigenvalue weighted by molar-refractivity contribution is -0.129. The molecule has 0 radical (unpaired) electrons. The number of aliphatic carboxylic acids is 1. The molecule has 0 saturated carbocycles. The summed E-state index contributed by atoms with van der Waals surface area (Å²) in [6.45, 7) is 0.155. The van der Waals surface area contributed by atoms with Crippen molar-refractivity contribution in [2.45, 2.75) is 0 Å². The molecular formula is C7H10N2O4S. The molecule has 0 aromatic carbocycles. The number of rotatable bonds is 3. The van der Waals surface area contributed by atoms with Crippen LogP contribution in [0.2, 0.25) is 0 Å². The van der Waals surface area contributed by atoms with Crippen LogP contribution in [0.3, 0.4) is 0 Å². The smallest absolute Gasteiger partial charge is 0.355 e. The minimum Gasteiger partial charge on any atom is -0.476 e. The highest BCUT2D eigenvalue weighted by molar-refractivity contribution is 7.94. The lowest BCUT2D eigenvalue weighted by atomic mass is 10.3. The highest BCUT2D eigenvalue weighted by atomic mass is 32.2. The van der Waals surface area contributed by atoms with Crippen molar-refractivity contribution in [1.82, 2.24) is 4.90 Å². The molecule has 78 valence electrons. The van der Waals surface area contributed by atoms with Gasteiger partial charge in [0.2, 0.25) is 0 Å². The van der Waals surface area contributed by atoms with E-state index >= 15 is 0 Å². The maximum atomic E-state index is 11.3. The van der Waals surface area contributed by atoms with Crippen molar-refractivity contribution >= 4 is 21.7 Å². The average Bonchev–Trinajstić information content (AvgIpc) is 2.26. The predicted molar refractivity (Wildman–Crippen MR) is 50.6 cm³/mol. The van der Waals surface area contributed by atoms with Crippen LogP contribution in [0.4, 0.5) is 0 Å². The second-order valence-electron chi connectivity index (χ2n) is 3.11. The third-order valence-corrected chi connectivity index (χ3v) is 2.89. The van der Waals surface area contributed by atoms with E-state index in [9.17, 15) is 13.2 Å². The molecule has 0 spiro atoms. The van der Waals surface area contributed by atoms with E-state index in [4.69, 9.17) is 5.11 Å². The first-order chi connectivity index (χ1) is 6.33. The molecule has 0 aromatic rings. The Morgan fingerprint density at radius 1 is 1.57 bits per heavy atom. The minimum atomic E-state index is -3.75. The summed E-state index contributed by atoms with van der Waals surface area (Å²) >= 11 is 0. The highest BCUT2D eigenvalue weighted by Gasteiger charge is 2.27. The third kappa shape index (κ3) is 2.18. The van der Waals surface area contributed by atoms with Crippen molar-refractivity contribution in [3.8, 4) is 0 Å². The number of nitrogens with zero attached hydrogens (tertiary/aromatic N) is 2. The molecule has 1 rings (SSSR count). The SMILES string of the molecule is CN(C)CC1=CC(C(=O)O)=NS1(=O)=O. The van der Waals surface area contributed by atoms with E-state index in [0.29, 0.717) is 0 Å². The van der Waals surface area contributed by atoms with Crippen molar-refractivity contribution in [3.05, 3.63) is 11.0 Å². The summed E-state index contributed by atoms with van der Waals surface area (Å²) in [5, 5.41) is 8.54. The van der Waals surface area contributed by atoms with Gasteiger partial charge in [0.15, 0.2) is 5.71 Å². The average molecular weight is 218 g/mol. The maximum absolute atomic E-state index is 11.3. The van der Waals surface area contributed by atoms with Crippen molar-refractivity contribution in [2.75, 3.05) is 20.6 Å². The van der Waals surface area contributed by atoms with E-state index in [2.05, 4.69) is 4.40 Å². The first-order valence-electron chi connectivity index (χ1n) is 3.76. The molecule has 1 aliphatic rings. The van der Waals surface area contributed by atoms with Crippen molar-refractivity contribution < 1.29 is 18.3 Å².